The van der Waals surface area contributed by atoms with Gasteiger partial charge in [0.15, 0.2) is 50.2 Å². The van der Waals surface area contributed by atoms with Gasteiger partial charge in [0.05, 0.1) is 11.1 Å². The third kappa shape index (κ3) is 13.8. The second-order valence-corrected chi connectivity index (χ2v) is 12.1. The first-order valence-electron chi connectivity index (χ1n) is 17.9. The molecule has 0 amide bonds. The van der Waals surface area contributed by atoms with Crippen molar-refractivity contribution in [1.29, 1.82) is 0 Å². The van der Waals surface area contributed by atoms with Crippen molar-refractivity contribution in [3.05, 3.63) is 107 Å². The van der Waals surface area contributed by atoms with E-state index in [1.54, 1.807) is 0 Å². The predicted octanol–water partition coefficient (Wildman–Crippen LogP) is 5.82. The lowest BCUT2D eigenvalue weighted by atomic mass is 10.1. The second kappa shape index (κ2) is 24.9. The number of benzene rings is 4. The standard InChI is InChI=1S/C42H50O16/c1-45-25-55-33-17-31(18-34(56-26-46-2)39(33)51-21-29-13-9-7-10-14-29)41(43)53-23-37(49-5)38(50-6)24-54-42(44)32-19-35(57-27-47-3)40(36(20-32)58-28-48-4)52-22-30-15-11-8-12-16-30/h7-20,37-38H,21-28H2,1-6H3/t37-,38-/m0/s1. The number of methoxy groups -OCH3 is 6. The molecule has 2 atom stereocenters. The van der Waals surface area contributed by atoms with E-state index in [0.29, 0.717) is 0 Å². The van der Waals surface area contributed by atoms with Crippen molar-refractivity contribution in [2.75, 3.05) is 83.0 Å². The van der Waals surface area contributed by atoms with Crippen LogP contribution in [0.5, 0.6) is 34.5 Å². The molecule has 0 bridgehead atoms. The van der Waals surface area contributed by atoms with E-state index in [1.807, 2.05) is 60.7 Å². The van der Waals surface area contributed by atoms with Crippen molar-refractivity contribution in [3.8, 4) is 34.5 Å². The van der Waals surface area contributed by atoms with Gasteiger partial charge in [-0.1, -0.05) is 60.7 Å². The predicted molar refractivity (Wildman–Crippen MR) is 207 cm³/mol. The smallest absolute Gasteiger partial charge is 0.338 e. The lowest BCUT2D eigenvalue weighted by Gasteiger charge is -2.24. The summed E-state index contributed by atoms with van der Waals surface area (Å²) in [6.07, 6.45) is -1.72. The number of hydrogen-bond donors (Lipinski definition) is 0. The van der Waals surface area contributed by atoms with Gasteiger partial charge < -0.3 is 66.3 Å². The molecule has 314 valence electrons. The highest BCUT2D eigenvalue weighted by atomic mass is 16.7. The van der Waals surface area contributed by atoms with E-state index in [2.05, 4.69) is 0 Å². The van der Waals surface area contributed by atoms with Gasteiger partial charge in [0.2, 0.25) is 11.5 Å². The van der Waals surface area contributed by atoms with Crippen LogP contribution in [-0.2, 0) is 51.1 Å². The minimum absolute atomic E-state index is 0.0775. The Bertz CT molecular complexity index is 1630. The van der Waals surface area contributed by atoms with Crippen molar-refractivity contribution in [1.82, 2.24) is 0 Å². The quantitative estimate of drug-likeness (QED) is 0.0523. The Balaban J connectivity index is 1.47. The van der Waals surface area contributed by atoms with Gasteiger partial charge in [0.1, 0.15) is 38.6 Å². The van der Waals surface area contributed by atoms with Crippen LogP contribution >= 0.6 is 0 Å². The highest BCUT2D eigenvalue weighted by Crippen LogP contribution is 2.41. The lowest BCUT2D eigenvalue weighted by molar-refractivity contribution is -0.0862. The van der Waals surface area contributed by atoms with Gasteiger partial charge in [-0.2, -0.15) is 0 Å². The average Bonchev–Trinajstić information content (AvgIpc) is 3.26. The van der Waals surface area contributed by atoms with Crippen LogP contribution in [0.4, 0.5) is 0 Å². The van der Waals surface area contributed by atoms with E-state index >= 15 is 0 Å². The summed E-state index contributed by atoms with van der Waals surface area (Å²) in [6, 6.07) is 24.8. The SMILES string of the molecule is COCOc1cc(C(=O)OC[C@H](OC)[C@H](COC(=O)c2cc(OCOC)c(OCc3ccccc3)c(OCOC)c2)OC)cc(OCOC)c1OCc1ccccc1. The zero-order chi connectivity index (χ0) is 41.5. The van der Waals surface area contributed by atoms with Gasteiger partial charge in [-0.3, -0.25) is 0 Å². The number of esters is 2. The molecule has 0 fully saturated rings. The molecule has 0 heterocycles. The van der Waals surface area contributed by atoms with E-state index in [-0.39, 0.29) is 99.2 Å². The summed E-state index contributed by atoms with van der Waals surface area (Å²) < 4.78 is 78.1. The highest BCUT2D eigenvalue weighted by molar-refractivity contribution is 5.92. The molecule has 0 unspecified atom stereocenters. The van der Waals surface area contributed by atoms with Crippen LogP contribution in [0.25, 0.3) is 0 Å². The minimum atomic E-state index is -0.862. The molecule has 0 N–H and O–H groups in total. The molecule has 58 heavy (non-hydrogen) atoms. The fourth-order valence-corrected chi connectivity index (χ4v) is 5.19. The van der Waals surface area contributed by atoms with Gasteiger partial charge in [-0.25, -0.2) is 9.59 Å². The lowest BCUT2D eigenvalue weighted by Crippen LogP contribution is -2.38. The van der Waals surface area contributed by atoms with Crippen LogP contribution in [0.3, 0.4) is 0 Å². The Hall–Kier alpha value is -5.62. The molecule has 4 rings (SSSR count). The topological polar surface area (TPSA) is 163 Å². The zero-order valence-electron chi connectivity index (χ0n) is 33.4. The maximum atomic E-state index is 13.5. The molecule has 16 heteroatoms. The largest absolute Gasteiger partial charge is 0.482 e. The molecule has 4 aromatic carbocycles. The van der Waals surface area contributed by atoms with Gasteiger partial charge in [-0.05, 0) is 35.4 Å². The zero-order valence-corrected chi connectivity index (χ0v) is 33.4. The van der Waals surface area contributed by atoms with E-state index in [4.69, 9.17) is 66.3 Å². The second-order valence-electron chi connectivity index (χ2n) is 12.1. The molecule has 0 aliphatic rings. The summed E-state index contributed by atoms with van der Waals surface area (Å²) >= 11 is 0. The molecule has 0 aromatic heterocycles. The molecule has 0 radical (unpaired) electrons. The Morgan fingerprint density at radius 1 is 0.448 bits per heavy atom. The van der Waals surface area contributed by atoms with Gasteiger partial charge in [0.25, 0.3) is 0 Å². The highest BCUT2D eigenvalue weighted by Gasteiger charge is 2.28. The van der Waals surface area contributed by atoms with Crippen molar-refractivity contribution in [2.24, 2.45) is 0 Å². The number of rotatable bonds is 27. The first-order valence-corrected chi connectivity index (χ1v) is 17.9. The number of hydrogen-bond acceptors (Lipinski definition) is 16. The summed E-state index contributed by atoms with van der Waals surface area (Å²) in [5.41, 5.74) is 1.95. The summed E-state index contributed by atoms with van der Waals surface area (Å²) in [7, 11) is 8.66. The van der Waals surface area contributed by atoms with Gasteiger partial charge >= 0.3 is 11.9 Å². The summed E-state index contributed by atoms with van der Waals surface area (Å²) in [5, 5.41) is 0. The monoisotopic (exact) mass is 810 g/mol. The first kappa shape index (κ1) is 45.1. The normalized spacial score (nSPS) is 11.9. The third-order valence-electron chi connectivity index (χ3n) is 8.07. The molecule has 0 spiro atoms. The van der Waals surface area contributed by atoms with Crippen molar-refractivity contribution >= 4 is 11.9 Å². The van der Waals surface area contributed by atoms with Crippen LogP contribution < -0.4 is 28.4 Å². The maximum absolute atomic E-state index is 13.5. The summed E-state index contributed by atoms with van der Waals surface area (Å²) in [5.74, 6) is -0.332. The fourth-order valence-electron chi connectivity index (χ4n) is 5.19. The van der Waals surface area contributed by atoms with Crippen LogP contribution in [0.1, 0.15) is 31.8 Å². The molecular weight excluding hydrogens is 760 g/mol. The number of carbonyl (C=O) groups excluding carboxylic acids is 2. The van der Waals surface area contributed by atoms with E-state index in [9.17, 15) is 9.59 Å². The Kier molecular flexibility index (Phi) is 19.4. The Morgan fingerprint density at radius 2 is 0.759 bits per heavy atom. The van der Waals surface area contributed by atoms with Gasteiger partial charge in [-0.15, -0.1) is 0 Å². The summed E-state index contributed by atoms with van der Waals surface area (Å²) in [4.78, 5) is 26.9. The minimum Gasteiger partial charge on any atom is -0.482 e. The van der Waals surface area contributed by atoms with Crippen LogP contribution in [0.2, 0.25) is 0 Å². The Labute approximate surface area is 337 Å². The third-order valence-corrected chi connectivity index (χ3v) is 8.07. The Morgan fingerprint density at radius 3 is 1.03 bits per heavy atom. The molecular formula is C42H50O16. The molecule has 4 aromatic rings. The summed E-state index contributed by atoms with van der Waals surface area (Å²) in [6.45, 7) is -0.739. The van der Waals surface area contributed by atoms with E-state index < -0.39 is 24.1 Å². The van der Waals surface area contributed by atoms with Crippen molar-refractivity contribution < 1.29 is 75.9 Å². The maximum Gasteiger partial charge on any atom is 0.338 e. The van der Waals surface area contributed by atoms with Crippen LogP contribution in [0.15, 0.2) is 84.9 Å². The van der Waals surface area contributed by atoms with Gasteiger partial charge in [0, 0.05) is 42.7 Å². The van der Waals surface area contributed by atoms with Crippen molar-refractivity contribution in [3.63, 3.8) is 0 Å². The first-order chi connectivity index (χ1) is 28.3. The van der Waals surface area contributed by atoms with E-state index in [1.165, 1.54) is 66.9 Å². The number of carbonyl (C=O) groups is 2. The molecule has 16 nitrogen and oxygen atoms in total. The van der Waals surface area contributed by atoms with Crippen LogP contribution in [-0.4, -0.2) is 107 Å². The molecule has 0 aliphatic heterocycles. The van der Waals surface area contributed by atoms with E-state index in [0.717, 1.165) is 11.1 Å². The molecule has 0 saturated heterocycles. The average molecular weight is 811 g/mol. The fraction of sp³-hybridized carbons (Fsp3) is 0.381. The molecule has 0 aliphatic carbocycles. The van der Waals surface area contributed by atoms with Crippen LogP contribution in [0, 0.1) is 0 Å². The van der Waals surface area contributed by atoms with Crippen molar-refractivity contribution in [2.45, 2.75) is 25.4 Å². The molecule has 0 saturated carbocycles. The number of ether oxygens (including phenoxy) is 14.